The Balaban J connectivity index is 1.51. The fourth-order valence-corrected chi connectivity index (χ4v) is 4.69. The van der Waals surface area contributed by atoms with Crippen molar-refractivity contribution in [1.82, 2.24) is 15.2 Å². The van der Waals surface area contributed by atoms with Crippen LogP contribution in [-0.4, -0.2) is 27.6 Å². The fraction of sp³-hybridized carbons (Fsp3) is 0.360. The molecule has 0 amide bonds. The van der Waals surface area contributed by atoms with Crippen molar-refractivity contribution in [3.05, 3.63) is 81.6 Å². The minimum Gasteiger partial charge on any atom is -0.362 e. The number of aromatic nitrogens is 1. The van der Waals surface area contributed by atoms with Crippen LogP contribution in [0.4, 0.5) is 0 Å². The molecule has 0 radical (unpaired) electrons. The van der Waals surface area contributed by atoms with Crippen LogP contribution >= 0.6 is 12.2 Å². The lowest BCUT2D eigenvalue weighted by Crippen LogP contribution is -2.45. The van der Waals surface area contributed by atoms with Crippen LogP contribution in [0.15, 0.2) is 59.4 Å². The second-order valence-corrected chi connectivity index (χ2v) is 8.58. The molecular weight excluding hydrogens is 390 g/mol. The molecule has 0 saturated heterocycles. The van der Waals surface area contributed by atoms with Crippen molar-refractivity contribution in [3.8, 4) is 0 Å². The summed E-state index contributed by atoms with van der Waals surface area (Å²) in [6, 6.07) is 19.0. The molecule has 1 aliphatic rings. The molecule has 1 heterocycles. The quantitative estimate of drug-likeness (QED) is 0.569. The third kappa shape index (κ3) is 4.73. The Kier molecular flexibility index (Phi) is 6.48. The minimum absolute atomic E-state index is 0.0214. The zero-order valence-electron chi connectivity index (χ0n) is 17.5. The highest BCUT2D eigenvalue weighted by Gasteiger charge is 2.25. The van der Waals surface area contributed by atoms with Gasteiger partial charge in [-0.05, 0) is 61.0 Å². The molecule has 1 aliphatic carbocycles. The summed E-state index contributed by atoms with van der Waals surface area (Å²) in [6.07, 6.45) is 5.63. The molecule has 156 valence electrons. The number of fused-ring (bicyclic) bond motifs is 1. The summed E-state index contributed by atoms with van der Waals surface area (Å²) in [7, 11) is 0. The van der Waals surface area contributed by atoms with Gasteiger partial charge in [0.25, 0.3) is 5.56 Å². The summed E-state index contributed by atoms with van der Waals surface area (Å²) >= 11 is 5.79. The van der Waals surface area contributed by atoms with Crippen molar-refractivity contribution in [2.24, 2.45) is 0 Å². The van der Waals surface area contributed by atoms with Crippen molar-refractivity contribution in [2.75, 3.05) is 6.54 Å². The lowest BCUT2D eigenvalue weighted by Gasteiger charge is -2.31. The van der Waals surface area contributed by atoms with Crippen molar-refractivity contribution >= 4 is 28.2 Å². The van der Waals surface area contributed by atoms with Crippen molar-refractivity contribution in [2.45, 2.75) is 51.6 Å². The van der Waals surface area contributed by atoms with Gasteiger partial charge in [0.05, 0.1) is 12.1 Å². The molecule has 0 atom stereocenters. The second kappa shape index (κ2) is 9.43. The van der Waals surface area contributed by atoms with Gasteiger partial charge in [0.15, 0.2) is 5.11 Å². The molecule has 0 aliphatic heterocycles. The van der Waals surface area contributed by atoms with E-state index in [-0.39, 0.29) is 5.56 Å². The molecule has 0 spiro atoms. The summed E-state index contributed by atoms with van der Waals surface area (Å²) in [5.41, 5.74) is 4.05. The van der Waals surface area contributed by atoms with E-state index in [2.05, 4.69) is 45.5 Å². The third-order valence-corrected chi connectivity index (χ3v) is 6.44. The first-order valence-corrected chi connectivity index (χ1v) is 11.2. The van der Waals surface area contributed by atoms with Gasteiger partial charge < -0.3 is 15.2 Å². The first-order chi connectivity index (χ1) is 14.6. The van der Waals surface area contributed by atoms with E-state index in [0.717, 1.165) is 52.9 Å². The SMILES string of the molecule is Cc1cccc2cc(CN(C(=S)NCCc3ccccc3)C3CCCC3)c(=O)[nH]c12. The van der Waals surface area contributed by atoms with Crippen LogP contribution in [0, 0.1) is 6.92 Å². The Morgan fingerprint density at radius 3 is 2.67 bits per heavy atom. The van der Waals surface area contributed by atoms with Crippen molar-refractivity contribution in [3.63, 3.8) is 0 Å². The Morgan fingerprint density at radius 2 is 1.90 bits per heavy atom. The number of rotatable bonds is 6. The summed E-state index contributed by atoms with van der Waals surface area (Å²) < 4.78 is 0. The van der Waals surface area contributed by atoms with Gasteiger partial charge in [-0.2, -0.15) is 0 Å². The maximum Gasteiger partial charge on any atom is 0.253 e. The predicted molar refractivity (Wildman–Crippen MR) is 128 cm³/mol. The van der Waals surface area contributed by atoms with Crippen LogP contribution in [0.5, 0.6) is 0 Å². The molecule has 4 nitrogen and oxygen atoms in total. The highest BCUT2D eigenvalue weighted by atomic mass is 32.1. The standard InChI is InChI=1S/C25H29N3OS/c1-18-8-7-11-20-16-21(24(29)27-23(18)20)17-28(22-12-5-6-13-22)25(30)26-15-14-19-9-3-2-4-10-19/h2-4,7-11,16,22H,5-6,12-15,17H2,1H3,(H,26,30)(H,27,29). The average molecular weight is 420 g/mol. The molecule has 2 N–H and O–H groups in total. The van der Waals surface area contributed by atoms with Gasteiger partial charge in [-0.15, -0.1) is 0 Å². The number of H-pyrrole nitrogens is 1. The summed E-state index contributed by atoms with van der Waals surface area (Å²) in [5, 5.41) is 5.26. The Bertz CT molecular complexity index is 1070. The van der Waals surface area contributed by atoms with E-state index in [1.807, 2.05) is 31.2 Å². The normalized spacial score (nSPS) is 14.2. The maximum atomic E-state index is 12.8. The number of hydrogen-bond acceptors (Lipinski definition) is 2. The molecule has 5 heteroatoms. The fourth-order valence-electron chi connectivity index (χ4n) is 4.37. The van der Waals surface area contributed by atoms with E-state index in [4.69, 9.17) is 12.2 Å². The molecule has 30 heavy (non-hydrogen) atoms. The number of thiocarbonyl (C=S) groups is 1. The number of benzene rings is 2. The number of pyridine rings is 1. The highest BCUT2D eigenvalue weighted by Crippen LogP contribution is 2.25. The first kappa shape index (κ1) is 20.6. The minimum atomic E-state index is -0.0214. The van der Waals surface area contributed by atoms with Gasteiger partial charge in [-0.1, -0.05) is 61.4 Å². The molecule has 0 unspecified atom stereocenters. The Morgan fingerprint density at radius 1 is 1.13 bits per heavy atom. The zero-order valence-corrected chi connectivity index (χ0v) is 18.3. The van der Waals surface area contributed by atoms with E-state index in [0.29, 0.717) is 12.6 Å². The summed E-state index contributed by atoms with van der Waals surface area (Å²) in [5.74, 6) is 0. The average Bonchev–Trinajstić information content (AvgIpc) is 3.28. The van der Waals surface area contributed by atoms with Crippen LogP contribution in [-0.2, 0) is 13.0 Å². The van der Waals surface area contributed by atoms with Gasteiger partial charge in [-0.3, -0.25) is 4.79 Å². The lowest BCUT2D eigenvalue weighted by atomic mass is 10.1. The molecule has 4 rings (SSSR count). The largest absolute Gasteiger partial charge is 0.362 e. The highest BCUT2D eigenvalue weighted by molar-refractivity contribution is 7.80. The molecule has 1 fully saturated rings. The van der Waals surface area contributed by atoms with Gasteiger partial charge in [0, 0.05) is 18.2 Å². The number of nitrogens with one attached hydrogen (secondary N) is 2. The number of hydrogen-bond donors (Lipinski definition) is 2. The van der Waals surface area contributed by atoms with E-state index < -0.39 is 0 Å². The van der Waals surface area contributed by atoms with Crippen LogP contribution < -0.4 is 10.9 Å². The van der Waals surface area contributed by atoms with E-state index >= 15 is 0 Å². The second-order valence-electron chi connectivity index (χ2n) is 8.20. The monoisotopic (exact) mass is 419 g/mol. The van der Waals surface area contributed by atoms with E-state index in [1.54, 1.807) is 0 Å². The van der Waals surface area contributed by atoms with E-state index in [9.17, 15) is 4.79 Å². The van der Waals surface area contributed by atoms with Gasteiger partial charge in [0.2, 0.25) is 0 Å². The maximum absolute atomic E-state index is 12.8. The number of aryl methyl sites for hydroxylation is 1. The summed E-state index contributed by atoms with van der Waals surface area (Å²) in [4.78, 5) is 18.1. The smallest absolute Gasteiger partial charge is 0.253 e. The molecule has 3 aromatic rings. The first-order valence-electron chi connectivity index (χ1n) is 10.8. The lowest BCUT2D eigenvalue weighted by molar-refractivity contribution is 0.302. The van der Waals surface area contributed by atoms with Gasteiger partial charge in [-0.25, -0.2) is 0 Å². The van der Waals surface area contributed by atoms with Crippen LogP contribution in [0.1, 0.15) is 42.4 Å². The number of nitrogens with zero attached hydrogens (tertiary/aromatic N) is 1. The molecule has 0 bridgehead atoms. The molecule has 2 aromatic carbocycles. The van der Waals surface area contributed by atoms with Crippen molar-refractivity contribution in [1.29, 1.82) is 0 Å². The van der Waals surface area contributed by atoms with E-state index in [1.165, 1.54) is 18.4 Å². The summed E-state index contributed by atoms with van der Waals surface area (Å²) in [6.45, 7) is 3.36. The molecular formula is C25H29N3OS. The van der Waals surface area contributed by atoms with Crippen molar-refractivity contribution < 1.29 is 0 Å². The van der Waals surface area contributed by atoms with Crippen LogP contribution in [0.25, 0.3) is 10.9 Å². The molecule has 1 saturated carbocycles. The number of aromatic amines is 1. The number of para-hydroxylation sites is 1. The Hall–Kier alpha value is -2.66. The molecule has 1 aromatic heterocycles. The van der Waals surface area contributed by atoms with Gasteiger partial charge >= 0.3 is 0 Å². The Labute approximate surface area is 183 Å². The topological polar surface area (TPSA) is 48.1 Å². The zero-order chi connectivity index (χ0) is 20.9. The predicted octanol–water partition coefficient (Wildman–Crippen LogP) is 4.70. The van der Waals surface area contributed by atoms with Crippen LogP contribution in [0.3, 0.4) is 0 Å². The van der Waals surface area contributed by atoms with Gasteiger partial charge in [0.1, 0.15) is 0 Å². The van der Waals surface area contributed by atoms with Crippen LogP contribution in [0.2, 0.25) is 0 Å². The third-order valence-electron chi connectivity index (χ3n) is 6.06.